The Morgan fingerprint density at radius 2 is 1.79 bits per heavy atom. The molecule has 3 rings (SSSR count). The first-order valence-corrected chi connectivity index (χ1v) is 7.83. The molecule has 6 heteroatoms. The summed E-state index contributed by atoms with van der Waals surface area (Å²) >= 11 is 0. The van der Waals surface area contributed by atoms with Gasteiger partial charge >= 0.3 is 0 Å². The summed E-state index contributed by atoms with van der Waals surface area (Å²) in [6, 6.07) is 15.7. The summed E-state index contributed by atoms with van der Waals surface area (Å²) in [5.41, 5.74) is 2.20. The van der Waals surface area contributed by atoms with Crippen LogP contribution in [0.1, 0.15) is 21.8 Å². The molecule has 1 saturated heterocycles. The maximum atomic E-state index is 12.1. The van der Waals surface area contributed by atoms with E-state index in [1.54, 1.807) is 24.3 Å². The number of likely N-dealkylation sites (tertiary alicyclic amines) is 1. The van der Waals surface area contributed by atoms with Crippen molar-refractivity contribution in [3.05, 3.63) is 75.8 Å². The lowest BCUT2D eigenvalue weighted by atomic mass is 9.94. The Balaban J connectivity index is 1.71. The van der Waals surface area contributed by atoms with E-state index in [4.69, 9.17) is 0 Å². The summed E-state index contributed by atoms with van der Waals surface area (Å²) in [6.45, 7) is 1.13. The first-order valence-electron chi connectivity index (χ1n) is 7.83. The average Bonchev–Trinajstić information content (AvgIpc) is 2.98. The predicted octanol–water partition coefficient (Wildman–Crippen LogP) is 2.61. The molecule has 124 valence electrons. The van der Waals surface area contributed by atoms with Crippen LogP contribution in [0.25, 0.3) is 0 Å². The fraction of sp³-hybridized carbons (Fsp3) is 0.278. The molecule has 6 nitrogen and oxygen atoms in total. The van der Waals surface area contributed by atoms with E-state index in [1.807, 2.05) is 42.3 Å². The number of nitrogens with one attached hydrogen (secondary N) is 1. The van der Waals surface area contributed by atoms with Gasteiger partial charge in [-0.1, -0.05) is 30.3 Å². The number of amides is 1. The number of carbonyl (C=O) groups is 1. The van der Waals surface area contributed by atoms with Gasteiger partial charge in [0.15, 0.2) is 0 Å². The maximum Gasteiger partial charge on any atom is 0.255 e. The van der Waals surface area contributed by atoms with Gasteiger partial charge in [0, 0.05) is 22.7 Å². The molecule has 0 aliphatic carbocycles. The fourth-order valence-corrected chi connectivity index (χ4v) is 3.13. The Morgan fingerprint density at radius 3 is 2.42 bits per heavy atom. The Morgan fingerprint density at radius 1 is 1.12 bits per heavy atom. The Kier molecular flexibility index (Phi) is 4.57. The van der Waals surface area contributed by atoms with Gasteiger partial charge in [-0.3, -0.25) is 19.8 Å². The third-order valence-electron chi connectivity index (χ3n) is 4.38. The number of carbonyl (C=O) groups excluding carboxylic acids is 1. The molecule has 0 aromatic heterocycles. The minimum absolute atomic E-state index is 0.121. The van der Waals surface area contributed by atoms with Crippen molar-refractivity contribution in [2.75, 3.05) is 25.5 Å². The van der Waals surface area contributed by atoms with Crippen molar-refractivity contribution in [1.29, 1.82) is 0 Å². The number of nitro groups is 1. The van der Waals surface area contributed by atoms with Crippen LogP contribution in [0.2, 0.25) is 0 Å². The van der Waals surface area contributed by atoms with Crippen LogP contribution >= 0.6 is 0 Å². The third kappa shape index (κ3) is 3.44. The van der Waals surface area contributed by atoms with Crippen molar-refractivity contribution >= 4 is 11.6 Å². The zero-order valence-electron chi connectivity index (χ0n) is 13.4. The molecule has 1 N–H and O–H groups in total. The van der Waals surface area contributed by atoms with Crippen LogP contribution in [-0.2, 0) is 0 Å². The SMILES string of the molecule is CN1C[C@H](c2ccc(NC(=O)c3ccccc3)cc2)[C@@H]([N+](=O)[O-])C1. The zero-order valence-corrected chi connectivity index (χ0v) is 13.4. The summed E-state index contributed by atoms with van der Waals surface area (Å²) in [7, 11) is 1.89. The zero-order chi connectivity index (χ0) is 17.1. The highest BCUT2D eigenvalue weighted by Crippen LogP contribution is 2.29. The minimum Gasteiger partial charge on any atom is -0.322 e. The van der Waals surface area contributed by atoms with Crippen LogP contribution in [0.3, 0.4) is 0 Å². The maximum absolute atomic E-state index is 12.1. The van der Waals surface area contributed by atoms with Gasteiger partial charge in [0.25, 0.3) is 5.91 Å². The van der Waals surface area contributed by atoms with Gasteiger partial charge in [0.1, 0.15) is 0 Å². The second-order valence-corrected chi connectivity index (χ2v) is 6.12. The van der Waals surface area contributed by atoms with E-state index in [2.05, 4.69) is 5.32 Å². The predicted molar refractivity (Wildman–Crippen MR) is 91.9 cm³/mol. The van der Waals surface area contributed by atoms with E-state index in [0.29, 0.717) is 24.3 Å². The van der Waals surface area contributed by atoms with Crippen molar-refractivity contribution in [3.63, 3.8) is 0 Å². The quantitative estimate of drug-likeness (QED) is 0.692. The molecule has 1 amide bonds. The van der Waals surface area contributed by atoms with Crippen LogP contribution in [0, 0.1) is 10.1 Å². The molecule has 0 unspecified atom stereocenters. The first kappa shape index (κ1) is 16.1. The molecule has 2 aromatic carbocycles. The molecule has 1 fully saturated rings. The molecule has 2 atom stereocenters. The van der Waals surface area contributed by atoms with E-state index in [-0.39, 0.29) is 16.7 Å². The van der Waals surface area contributed by atoms with E-state index >= 15 is 0 Å². The van der Waals surface area contributed by atoms with Gasteiger partial charge < -0.3 is 5.32 Å². The van der Waals surface area contributed by atoms with Crippen LogP contribution < -0.4 is 5.32 Å². The summed E-state index contributed by atoms with van der Waals surface area (Å²) in [5, 5.41) is 14.1. The second-order valence-electron chi connectivity index (χ2n) is 6.12. The van der Waals surface area contributed by atoms with Gasteiger partial charge in [-0.05, 0) is 36.9 Å². The molecule has 1 aliphatic heterocycles. The molecule has 1 aliphatic rings. The van der Waals surface area contributed by atoms with Crippen molar-refractivity contribution in [3.8, 4) is 0 Å². The highest BCUT2D eigenvalue weighted by Gasteiger charge is 2.40. The van der Waals surface area contributed by atoms with Crippen LogP contribution in [0.4, 0.5) is 5.69 Å². The topological polar surface area (TPSA) is 75.5 Å². The number of nitrogens with zero attached hydrogens (tertiary/aromatic N) is 2. The van der Waals surface area contributed by atoms with Gasteiger partial charge in [0.05, 0.1) is 12.5 Å². The molecule has 0 saturated carbocycles. The summed E-state index contributed by atoms with van der Waals surface area (Å²) in [6.07, 6.45) is 0. The van der Waals surface area contributed by atoms with E-state index in [0.717, 1.165) is 5.56 Å². The summed E-state index contributed by atoms with van der Waals surface area (Å²) in [5.74, 6) is -0.295. The molecule has 24 heavy (non-hydrogen) atoms. The van der Waals surface area contributed by atoms with Gasteiger partial charge in [-0.2, -0.15) is 0 Å². The van der Waals surface area contributed by atoms with Crippen molar-refractivity contribution in [1.82, 2.24) is 4.90 Å². The smallest absolute Gasteiger partial charge is 0.255 e. The molecule has 0 radical (unpaired) electrons. The molecular weight excluding hydrogens is 306 g/mol. The van der Waals surface area contributed by atoms with Crippen molar-refractivity contribution in [2.24, 2.45) is 0 Å². The highest BCUT2D eigenvalue weighted by atomic mass is 16.6. The minimum atomic E-state index is -0.584. The molecule has 1 heterocycles. The van der Waals surface area contributed by atoms with Crippen LogP contribution in [0.15, 0.2) is 54.6 Å². The molecule has 0 spiro atoms. The number of hydrogen-bond donors (Lipinski definition) is 1. The molecule has 2 aromatic rings. The highest BCUT2D eigenvalue weighted by molar-refractivity contribution is 6.04. The van der Waals surface area contributed by atoms with Gasteiger partial charge in [0.2, 0.25) is 6.04 Å². The van der Waals surface area contributed by atoms with Crippen molar-refractivity contribution in [2.45, 2.75) is 12.0 Å². The van der Waals surface area contributed by atoms with Crippen LogP contribution in [-0.4, -0.2) is 41.9 Å². The fourth-order valence-electron chi connectivity index (χ4n) is 3.13. The summed E-state index contributed by atoms with van der Waals surface area (Å²) < 4.78 is 0. The number of likely N-dealkylation sites (N-methyl/N-ethyl adjacent to an activating group) is 1. The van der Waals surface area contributed by atoms with E-state index < -0.39 is 6.04 Å². The number of anilines is 1. The average molecular weight is 325 g/mol. The summed E-state index contributed by atoms with van der Waals surface area (Å²) in [4.78, 5) is 25.1. The van der Waals surface area contributed by atoms with E-state index in [9.17, 15) is 14.9 Å². The number of hydrogen-bond acceptors (Lipinski definition) is 4. The Labute approximate surface area is 140 Å². The lowest BCUT2D eigenvalue weighted by Gasteiger charge is -2.13. The van der Waals surface area contributed by atoms with E-state index in [1.165, 1.54) is 0 Å². The van der Waals surface area contributed by atoms with Gasteiger partial charge in [-0.15, -0.1) is 0 Å². The lowest BCUT2D eigenvalue weighted by Crippen LogP contribution is -2.27. The van der Waals surface area contributed by atoms with Crippen LogP contribution in [0.5, 0.6) is 0 Å². The van der Waals surface area contributed by atoms with Gasteiger partial charge in [-0.25, -0.2) is 0 Å². The first-order chi connectivity index (χ1) is 11.5. The normalized spacial score (nSPS) is 20.7. The Hall–Kier alpha value is -2.73. The second kappa shape index (κ2) is 6.80. The number of rotatable bonds is 4. The Bertz CT molecular complexity index is 731. The lowest BCUT2D eigenvalue weighted by molar-refractivity contribution is -0.521. The number of benzene rings is 2. The molecule has 0 bridgehead atoms. The largest absolute Gasteiger partial charge is 0.322 e. The molecular formula is C18H19N3O3. The third-order valence-corrected chi connectivity index (χ3v) is 4.38. The monoisotopic (exact) mass is 325 g/mol. The van der Waals surface area contributed by atoms with Crippen molar-refractivity contribution < 1.29 is 9.72 Å². The standard InChI is InChI=1S/C18H19N3O3/c1-20-11-16(17(12-20)21(23)24)13-7-9-15(10-8-13)19-18(22)14-5-3-2-4-6-14/h2-10,16-17H,11-12H2,1H3,(H,19,22)/t16-,17+/m1/s1.